The Bertz CT molecular complexity index is 1610. The number of rotatable bonds is 3. The Labute approximate surface area is 182 Å². The number of aromatic hydroxyl groups is 1. The molecule has 1 aromatic carbocycles. The van der Waals surface area contributed by atoms with Crippen molar-refractivity contribution in [1.82, 2.24) is 24.1 Å². The molecule has 5 heterocycles. The summed E-state index contributed by atoms with van der Waals surface area (Å²) in [5.74, 6) is 0.147. The van der Waals surface area contributed by atoms with Crippen LogP contribution in [0, 0.1) is 0 Å². The summed E-state index contributed by atoms with van der Waals surface area (Å²) in [5.41, 5.74) is 11.1. The van der Waals surface area contributed by atoms with Gasteiger partial charge >= 0.3 is 0 Å². The van der Waals surface area contributed by atoms with E-state index >= 15 is 0 Å². The van der Waals surface area contributed by atoms with Crippen LogP contribution in [0.4, 0.5) is 0 Å². The van der Waals surface area contributed by atoms with Crippen molar-refractivity contribution in [2.24, 2.45) is 5.73 Å². The van der Waals surface area contributed by atoms with Gasteiger partial charge in [0.2, 0.25) is 0 Å². The summed E-state index contributed by atoms with van der Waals surface area (Å²) in [7, 11) is 0. The Hall–Kier alpha value is -4.65. The lowest BCUT2D eigenvalue weighted by atomic mass is 10.2. The van der Waals surface area contributed by atoms with E-state index < -0.39 is 0 Å². The highest BCUT2D eigenvalue weighted by molar-refractivity contribution is 6.08. The molecule has 0 saturated heterocycles. The summed E-state index contributed by atoms with van der Waals surface area (Å²) < 4.78 is 4.18. The van der Waals surface area contributed by atoms with Crippen molar-refractivity contribution in [1.29, 1.82) is 0 Å². The van der Waals surface area contributed by atoms with Crippen LogP contribution in [-0.4, -0.2) is 29.2 Å². The van der Waals surface area contributed by atoms with E-state index in [1.54, 1.807) is 30.9 Å². The quantitative estimate of drug-likeness (QED) is 0.440. The van der Waals surface area contributed by atoms with Crippen molar-refractivity contribution >= 4 is 38.8 Å². The Morgan fingerprint density at radius 3 is 1.84 bits per heavy atom. The molecule has 154 valence electrons. The average molecular weight is 418 g/mol. The van der Waals surface area contributed by atoms with Gasteiger partial charge in [-0.15, -0.1) is 0 Å². The average Bonchev–Trinajstić information content (AvgIpc) is 3.32. The van der Waals surface area contributed by atoms with Gasteiger partial charge < -0.3 is 20.0 Å². The van der Waals surface area contributed by atoms with Gasteiger partial charge in [0.1, 0.15) is 0 Å². The zero-order valence-electron chi connectivity index (χ0n) is 16.9. The van der Waals surface area contributed by atoms with E-state index in [0.29, 0.717) is 11.1 Å². The number of nitrogens with two attached hydrogens (primary N) is 1. The molecule has 3 N–H and O–H groups in total. The molecule has 0 aliphatic rings. The molecule has 0 spiro atoms. The number of hydrogen-bond acceptors (Lipinski definition) is 5. The van der Waals surface area contributed by atoms with Crippen molar-refractivity contribution in [2.75, 3.05) is 0 Å². The van der Waals surface area contributed by atoms with Crippen LogP contribution in [0.2, 0.25) is 0 Å². The van der Waals surface area contributed by atoms with E-state index in [2.05, 4.69) is 31.7 Å². The van der Waals surface area contributed by atoms with Crippen molar-refractivity contribution in [3.05, 3.63) is 91.5 Å². The Kier molecular flexibility index (Phi) is 3.94. The Morgan fingerprint density at radius 1 is 0.719 bits per heavy atom. The van der Waals surface area contributed by atoms with Crippen LogP contribution in [-0.2, 0) is 0 Å². The summed E-state index contributed by atoms with van der Waals surface area (Å²) in [5, 5.41) is 13.6. The summed E-state index contributed by atoms with van der Waals surface area (Å²) in [4.78, 5) is 12.8. The molecule has 0 aliphatic carbocycles. The maximum atomic E-state index is 10.8. The smallest absolute Gasteiger partial charge is 0.150 e. The topological polar surface area (TPSA) is 94.8 Å². The highest BCUT2D eigenvalue weighted by Crippen LogP contribution is 2.36. The predicted octanol–water partition coefficient (Wildman–Crippen LogP) is 4.55. The van der Waals surface area contributed by atoms with Gasteiger partial charge in [-0.3, -0.25) is 15.0 Å². The Balaban J connectivity index is 1.66. The second kappa shape index (κ2) is 6.95. The van der Waals surface area contributed by atoms with E-state index in [9.17, 15) is 5.11 Å². The predicted molar refractivity (Wildman–Crippen MR) is 126 cm³/mol. The van der Waals surface area contributed by atoms with Crippen molar-refractivity contribution in [3.63, 3.8) is 0 Å². The van der Waals surface area contributed by atoms with Gasteiger partial charge in [-0.2, -0.15) is 0 Å². The van der Waals surface area contributed by atoms with E-state index in [-0.39, 0.29) is 5.75 Å². The largest absolute Gasteiger partial charge is 0.505 e. The summed E-state index contributed by atoms with van der Waals surface area (Å²) in [6, 6.07) is 14.1. The third-order valence-corrected chi connectivity index (χ3v) is 5.75. The van der Waals surface area contributed by atoms with E-state index in [1.165, 1.54) is 6.20 Å². The first-order valence-corrected chi connectivity index (χ1v) is 10.1. The number of pyridine rings is 3. The standard InChI is InChI=1S/C25H18N6O/c26-8-4-24-25(32)20-15-29-11-7-23(20)31(24)17-3-1-2-16(12-17)30-21-5-9-27-13-18(21)19-14-28-10-6-22(19)30/h1-15,32H,26H2/b8-4-. The summed E-state index contributed by atoms with van der Waals surface area (Å²) in [6.45, 7) is 0. The summed E-state index contributed by atoms with van der Waals surface area (Å²) >= 11 is 0. The number of hydrogen-bond donors (Lipinski definition) is 2. The highest BCUT2D eigenvalue weighted by Gasteiger charge is 2.18. The zero-order valence-corrected chi connectivity index (χ0v) is 16.9. The fourth-order valence-corrected chi connectivity index (χ4v) is 4.42. The molecule has 0 saturated carbocycles. The zero-order chi connectivity index (χ0) is 21.7. The second-order valence-electron chi connectivity index (χ2n) is 7.46. The first-order chi connectivity index (χ1) is 15.8. The molecule has 6 aromatic rings. The van der Waals surface area contributed by atoms with Gasteiger partial charge in [-0.05, 0) is 48.7 Å². The van der Waals surface area contributed by atoms with E-state index in [4.69, 9.17) is 5.73 Å². The normalized spacial score (nSPS) is 11.9. The maximum Gasteiger partial charge on any atom is 0.150 e. The monoisotopic (exact) mass is 418 g/mol. The molecular formula is C25H18N6O. The molecule has 5 aromatic heterocycles. The van der Waals surface area contributed by atoms with Gasteiger partial charge in [-0.1, -0.05) is 6.07 Å². The first kappa shape index (κ1) is 18.1. The van der Waals surface area contributed by atoms with Crippen LogP contribution in [0.15, 0.2) is 85.8 Å². The fraction of sp³-hybridized carbons (Fsp3) is 0. The molecule has 6 rings (SSSR count). The molecule has 0 unspecified atom stereocenters. The first-order valence-electron chi connectivity index (χ1n) is 10.1. The van der Waals surface area contributed by atoms with Gasteiger partial charge in [0.15, 0.2) is 5.75 Å². The molecule has 32 heavy (non-hydrogen) atoms. The minimum Gasteiger partial charge on any atom is -0.505 e. The SMILES string of the molecule is N/C=C\c1c(O)c2cnccc2n1-c1cccc(-n2c3ccncc3c3cnccc32)c1. The molecule has 0 atom stereocenters. The highest BCUT2D eigenvalue weighted by atomic mass is 16.3. The number of benzene rings is 1. The molecule has 0 bridgehead atoms. The van der Waals surface area contributed by atoms with Crippen LogP contribution < -0.4 is 5.73 Å². The Morgan fingerprint density at radius 2 is 1.25 bits per heavy atom. The molecular weight excluding hydrogens is 400 g/mol. The van der Waals surface area contributed by atoms with Crippen LogP contribution >= 0.6 is 0 Å². The number of aromatic nitrogens is 5. The van der Waals surface area contributed by atoms with Gasteiger partial charge in [0, 0.05) is 59.3 Å². The van der Waals surface area contributed by atoms with E-state index in [1.807, 2.05) is 47.3 Å². The van der Waals surface area contributed by atoms with Gasteiger partial charge in [-0.25, -0.2) is 0 Å². The molecule has 7 nitrogen and oxygen atoms in total. The minimum atomic E-state index is 0.147. The lowest BCUT2D eigenvalue weighted by Gasteiger charge is -2.13. The van der Waals surface area contributed by atoms with Crippen molar-refractivity contribution in [2.45, 2.75) is 0 Å². The molecule has 0 aliphatic heterocycles. The minimum absolute atomic E-state index is 0.147. The van der Waals surface area contributed by atoms with Crippen molar-refractivity contribution < 1.29 is 5.11 Å². The molecule has 7 heteroatoms. The van der Waals surface area contributed by atoms with E-state index in [0.717, 1.165) is 38.7 Å². The van der Waals surface area contributed by atoms with Crippen LogP contribution in [0.5, 0.6) is 5.75 Å². The lowest BCUT2D eigenvalue weighted by molar-refractivity contribution is 0.479. The van der Waals surface area contributed by atoms with Crippen LogP contribution in [0.25, 0.3) is 50.2 Å². The lowest BCUT2D eigenvalue weighted by Crippen LogP contribution is -2.00. The van der Waals surface area contributed by atoms with Crippen molar-refractivity contribution in [3.8, 4) is 17.1 Å². The fourth-order valence-electron chi connectivity index (χ4n) is 4.42. The number of fused-ring (bicyclic) bond motifs is 4. The molecule has 0 fully saturated rings. The van der Waals surface area contributed by atoms with Crippen LogP contribution in [0.1, 0.15) is 5.69 Å². The third kappa shape index (κ3) is 2.51. The summed E-state index contributed by atoms with van der Waals surface area (Å²) in [6.07, 6.45) is 13.8. The van der Waals surface area contributed by atoms with Gasteiger partial charge in [0.25, 0.3) is 0 Å². The van der Waals surface area contributed by atoms with Crippen LogP contribution in [0.3, 0.4) is 0 Å². The second-order valence-corrected chi connectivity index (χ2v) is 7.46. The van der Waals surface area contributed by atoms with Gasteiger partial charge in [0.05, 0.1) is 27.6 Å². The third-order valence-electron chi connectivity index (χ3n) is 5.75. The molecule has 0 amide bonds. The molecule has 0 radical (unpaired) electrons. The maximum absolute atomic E-state index is 10.8. The number of nitrogens with zero attached hydrogens (tertiary/aromatic N) is 5.